The lowest BCUT2D eigenvalue weighted by atomic mass is 10.1. The number of hydrogen-bond donors (Lipinski definition) is 2. The summed E-state index contributed by atoms with van der Waals surface area (Å²) < 4.78 is 5.42. The molecule has 0 fully saturated rings. The highest BCUT2D eigenvalue weighted by Gasteiger charge is 2.11. The Labute approximate surface area is 146 Å². The largest absolute Gasteiger partial charge is 0.466 e. The minimum absolute atomic E-state index is 0.0721. The van der Waals surface area contributed by atoms with Crippen LogP contribution in [0.4, 0.5) is 0 Å². The zero-order valence-electron chi connectivity index (χ0n) is 14.2. The Morgan fingerprint density at radius 3 is 2.88 bits per heavy atom. The fourth-order valence-electron chi connectivity index (χ4n) is 2.84. The molecule has 3 aromatic rings. The van der Waals surface area contributed by atoms with Crippen LogP contribution in [0.1, 0.15) is 22.6 Å². The highest BCUT2D eigenvalue weighted by molar-refractivity contribution is 6.01. The van der Waals surface area contributed by atoms with Crippen molar-refractivity contribution in [3.8, 4) is 6.07 Å². The van der Waals surface area contributed by atoms with Crippen molar-refractivity contribution in [3.63, 3.8) is 0 Å². The van der Waals surface area contributed by atoms with Gasteiger partial charge in [-0.3, -0.25) is 4.79 Å². The number of H-pyrrole nitrogens is 1. The zero-order valence-corrected chi connectivity index (χ0v) is 14.2. The summed E-state index contributed by atoms with van der Waals surface area (Å²) in [5.41, 5.74) is 3.04. The Morgan fingerprint density at radius 2 is 2.16 bits per heavy atom. The maximum absolute atomic E-state index is 12.2. The summed E-state index contributed by atoms with van der Waals surface area (Å²) in [6.07, 6.45) is 4.21. The SMILES string of the molecule is Cc1cc(C=C(C#N)C(=O)NCCc2c[nH]c3ccccc23)c(C)o1. The van der Waals surface area contributed by atoms with Gasteiger partial charge in [-0.15, -0.1) is 0 Å². The van der Waals surface area contributed by atoms with Gasteiger partial charge in [-0.2, -0.15) is 5.26 Å². The van der Waals surface area contributed by atoms with E-state index in [1.54, 1.807) is 6.08 Å². The minimum atomic E-state index is -0.374. The number of carbonyl (C=O) groups is 1. The van der Waals surface area contributed by atoms with Crippen LogP contribution in [-0.4, -0.2) is 17.4 Å². The lowest BCUT2D eigenvalue weighted by Crippen LogP contribution is -2.26. The maximum atomic E-state index is 12.2. The van der Waals surface area contributed by atoms with Crippen molar-refractivity contribution in [1.82, 2.24) is 10.3 Å². The summed E-state index contributed by atoms with van der Waals surface area (Å²) >= 11 is 0. The lowest BCUT2D eigenvalue weighted by molar-refractivity contribution is -0.117. The summed E-state index contributed by atoms with van der Waals surface area (Å²) in [7, 11) is 0. The molecule has 0 spiro atoms. The predicted octanol–water partition coefficient (Wildman–Crippen LogP) is 3.64. The first-order chi connectivity index (χ1) is 12.1. The molecule has 3 rings (SSSR count). The quantitative estimate of drug-likeness (QED) is 0.552. The Hall–Kier alpha value is -3.26. The van der Waals surface area contributed by atoms with Crippen LogP contribution in [0.25, 0.3) is 17.0 Å². The second kappa shape index (κ2) is 7.10. The summed E-state index contributed by atoms with van der Waals surface area (Å²) in [5, 5.41) is 13.2. The molecule has 0 aliphatic heterocycles. The highest BCUT2D eigenvalue weighted by atomic mass is 16.3. The maximum Gasteiger partial charge on any atom is 0.261 e. The number of amides is 1. The molecule has 5 heteroatoms. The molecular formula is C20H19N3O2. The van der Waals surface area contributed by atoms with Crippen molar-refractivity contribution in [2.24, 2.45) is 0 Å². The van der Waals surface area contributed by atoms with E-state index in [-0.39, 0.29) is 11.5 Å². The van der Waals surface area contributed by atoms with Gasteiger partial charge in [0.2, 0.25) is 0 Å². The molecule has 0 saturated heterocycles. The molecule has 0 saturated carbocycles. The van der Waals surface area contributed by atoms with Gasteiger partial charge in [0.05, 0.1) is 0 Å². The van der Waals surface area contributed by atoms with E-state index in [1.807, 2.05) is 56.4 Å². The number of aryl methyl sites for hydroxylation is 2. The fourth-order valence-corrected chi connectivity index (χ4v) is 2.84. The molecule has 0 unspecified atom stereocenters. The molecule has 0 aliphatic rings. The Morgan fingerprint density at radius 1 is 1.36 bits per heavy atom. The average molecular weight is 333 g/mol. The van der Waals surface area contributed by atoms with Crippen LogP contribution >= 0.6 is 0 Å². The molecule has 2 N–H and O–H groups in total. The predicted molar refractivity (Wildman–Crippen MR) is 96.8 cm³/mol. The first kappa shape index (κ1) is 16.6. The molecule has 0 radical (unpaired) electrons. The standard InChI is InChI=1S/C20H19N3O2/c1-13-9-16(14(2)25-13)10-17(11-21)20(24)22-8-7-15-12-23-19-6-4-3-5-18(15)19/h3-6,9-10,12,23H,7-8H2,1-2H3,(H,22,24). The van der Waals surface area contributed by atoms with E-state index in [1.165, 1.54) is 0 Å². The number of rotatable bonds is 5. The van der Waals surface area contributed by atoms with Gasteiger partial charge < -0.3 is 14.7 Å². The fraction of sp³-hybridized carbons (Fsp3) is 0.200. The Bertz CT molecular complexity index is 986. The van der Waals surface area contributed by atoms with Crippen LogP contribution in [0.15, 0.2) is 46.5 Å². The number of furan rings is 1. The molecule has 1 aromatic carbocycles. The van der Waals surface area contributed by atoms with Crippen LogP contribution < -0.4 is 5.32 Å². The van der Waals surface area contributed by atoms with E-state index in [9.17, 15) is 10.1 Å². The van der Waals surface area contributed by atoms with Crippen molar-refractivity contribution in [1.29, 1.82) is 5.26 Å². The van der Waals surface area contributed by atoms with Crippen LogP contribution in [-0.2, 0) is 11.2 Å². The van der Waals surface area contributed by atoms with E-state index in [0.29, 0.717) is 18.7 Å². The number of benzene rings is 1. The molecule has 25 heavy (non-hydrogen) atoms. The molecule has 2 heterocycles. The molecule has 1 amide bonds. The van der Waals surface area contributed by atoms with Gasteiger partial charge in [0.15, 0.2) is 0 Å². The van der Waals surface area contributed by atoms with Crippen molar-refractivity contribution in [2.75, 3.05) is 6.54 Å². The van der Waals surface area contributed by atoms with E-state index in [0.717, 1.165) is 27.8 Å². The molecule has 0 bridgehead atoms. The van der Waals surface area contributed by atoms with E-state index in [4.69, 9.17) is 4.42 Å². The molecule has 0 atom stereocenters. The van der Waals surface area contributed by atoms with E-state index in [2.05, 4.69) is 10.3 Å². The van der Waals surface area contributed by atoms with Crippen molar-refractivity contribution < 1.29 is 9.21 Å². The minimum Gasteiger partial charge on any atom is -0.466 e. The first-order valence-corrected chi connectivity index (χ1v) is 8.10. The van der Waals surface area contributed by atoms with Gasteiger partial charge in [0.1, 0.15) is 23.2 Å². The van der Waals surface area contributed by atoms with Crippen LogP contribution in [0.2, 0.25) is 0 Å². The number of aromatic amines is 1. The number of hydrogen-bond acceptors (Lipinski definition) is 3. The smallest absolute Gasteiger partial charge is 0.261 e. The summed E-state index contributed by atoms with van der Waals surface area (Å²) in [5.74, 6) is 1.07. The third-order valence-corrected chi connectivity index (χ3v) is 4.10. The number of carbonyl (C=O) groups excluding carboxylic acids is 1. The van der Waals surface area contributed by atoms with Crippen LogP contribution in [0.5, 0.6) is 0 Å². The number of nitriles is 1. The second-order valence-corrected chi connectivity index (χ2v) is 5.90. The van der Waals surface area contributed by atoms with Crippen molar-refractivity contribution >= 4 is 22.9 Å². The summed E-state index contributed by atoms with van der Waals surface area (Å²) in [6, 6.07) is 11.8. The van der Waals surface area contributed by atoms with E-state index < -0.39 is 0 Å². The van der Waals surface area contributed by atoms with Gasteiger partial charge >= 0.3 is 0 Å². The molecular weight excluding hydrogens is 314 g/mol. The summed E-state index contributed by atoms with van der Waals surface area (Å²) in [6.45, 7) is 4.10. The first-order valence-electron chi connectivity index (χ1n) is 8.10. The number of fused-ring (bicyclic) bond motifs is 1. The topological polar surface area (TPSA) is 81.8 Å². The normalized spacial score (nSPS) is 11.5. The third kappa shape index (κ3) is 3.64. The number of nitrogens with one attached hydrogen (secondary N) is 2. The molecule has 5 nitrogen and oxygen atoms in total. The lowest BCUT2D eigenvalue weighted by Gasteiger charge is -2.04. The van der Waals surface area contributed by atoms with Gasteiger partial charge in [-0.25, -0.2) is 0 Å². The van der Waals surface area contributed by atoms with Crippen molar-refractivity contribution in [3.05, 3.63) is 64.7 Å². The monoisotopic (exact) mass is 333 g/mol. The van der Waals surface area contributed by atoms with E-state index >= 15 is 0 Å². The Balaban J connectivity index is 1.65. The number of nitrogens with zero attached hydrogens (tertiary/aromatic N) is 1. The second-order valence-electron chi connectivity index (χ2n) is 5.90. The van der Waals surface area contributed by atoms with Gasteiger partial charge in [0, 0.05) is 29.2 Å². The third-order valence-electron chi connectivity index (χ3n) is 4.10. The zero-order chi connectivity index (χ0) is 17.8. The molecule has 126 valence electrons. The van der Waals surface area contributed by atoms with Gasteiger partial charge in [0.25, 0.3) is 5.91 Å². The number of para-hydroxylation sites is 1. The van der Waals surface area contributed by atoms with Gasteiger partial charge in [-0.1, -0.05) is 18.2 Å². The summed E-state index contributed by atoms with van der Waals surface area (Å²) in [4.78, 5) is 15.5. The van der Waals surface area contributed by atoms with Gasteiger partial charge in [-0.05, 0) is 44.0 Å². The average Bonchev–Trinajstić information content (AvgIpc) is 3.15. The van der Waals surface area contributed by atoms with Crippen LogP contribution in [0, 0.1) is 25.2 Å². The Kier molecular flexibility index (Phi) is 4.71. The molecule has 0 aliphatic carbocycles. The van der Waals surface area contributed by atoms with Crippen LogP contribution in [0.3, 0.4) is 0 Å². The molecule has 2 aromatic heterocycles. The number of aromatic nitrogens is 1. The highest BCUT2D eigenvalue weighted by Crippen LogP contribution is 2.18. The van der Waals surface area contributed by atoms with Crippen molar-refractivity contribution in [2.45, 2.75) is 20.3 Å².